The van der Waals surface area contributed by atoms with Crippen molar-refractivity contribution in [2.75, 3.05) is 26.2 Å². The van der Waals surface area contributed by atoms with E-state index >= 15 is 0 Å². The second-order valence-corrected chi connectivity index (χ2v) is 6.15. The molecule has 0 bridgehead atoms. The van der Waals surface area contributed by atoms with Crippen LogP contribution in [0, 0.1) is 5.92 Å². The number of amides is 2. The van der Waals surface area contributed by atoms with E-state index in [0.29, 0.717) is 18.7 Å². The summed E-state index contributed by atoms with van der Waals surface area (Å²) in [7, 11) is 0. The molecule has 0 aliphatic carbocycles. The van der Waals surface area contributed by atoms with Gasteiger partial charge >= 0.3 is 0 Å². The molecule has 1 heterocycles. The zero-order valence-electron chi connectivity index (χ0n) is 14.1. The molecule has 2 amide bonds. The first kappa shape index (κ1) is 17.5. The maximum absolute atomic E-state index is 12.6. The van der Waals surface area contributed by atoms with E-state index in [4.69, 9.17) is 5.73 Å². The first-order valence-electron chi connectivity index (χ1n) is 8.45. The van der Waals surface area contributed by atoms with Gasteiger partial charge in [0.05, 0.1) is 5.92 Å². The van der Waals surface area contributed by atoms with Crippen LogP contribution >= 0.6 is 0 Å². The minimum atomic E-state index is -0.308. The third kappa shape index (κ3) is 4.55. The van der Waals surface area contributed by atoms with Gasteiger partial charge in [0.2, 0.25) is 5.91 Å². The maximum atomic E-state index is 12.6. The van der Waals surface area contributed by atoms with Crippen molar-refractivity contribution in [2.24, 2.45) is 11.7 Å². The van der Waals surface area contributed by atoms with Gasteiger partial charge in [-0.3, -0.25) is 14.5 Å². The van der Waals surface area contributed by atoms with Crippen LogP contribution in [0.25, 0.3) is 0 Å². The van der Waals surface area contributed by atoms with E-state index in [-0.39, 0.29) is 17.7 Å². The molecule has 0 radical (unpaired) electrons. The number of nitrogens with two attached hydrogens (primary N) is 1. The van der Waals surface area contributed by atoms with E-state index in [1.165, 1.54) is 5.56 Å². The Hall–Kier alpha value is -1.88. The fourth-order valence-corrected chi connectivity index (χ4v) is 3.03. The molecule has 0 saturated carbocycles. The molecule has 1 fully saturated rings. The molecule has 5 heteroatoms. The highest BCUT2D eigenvalue weighted by molar-refractivity contribution is 5.94. The van der Waals surface area contributed by atoms with Crippen molar-refractivity contribution in [1.82, 2.24) is 9.80 Å². The quantitative estimate of drug-likeness (QED) is 0.871. The molecule has 1 saturated heterocycles. The molecule has 5 nitrogen and oxygen atoms in total. The van der Waals surface area contributed by atoms with Gasteiger partial charge in [0.1, 0.15) is 0 Å². The molecule has 1 aromatic rings. The average molecular weight is 317 g/mol. The van der Waals surface area contributed by atoms with Crippen molar-refractivity contribution in [3.05, 3.63) is 35.4 Å². The van der Waals surface area contributed by atoms with Gasteiger partial charge in [-0.1, -0.05) is 26.0 Å². The number of carbonyl (C=O) groups is 2. The van der Waals surface area contributed by atoms with Crippen molar-refractivity contribution in [3.63, 3.8) is 0 Å². The molecule has 0 spiro atoms. The highest BCUT2D eigenvalue weighted by Gasteiger charge is 2.27. The highest BCUT2D eigenvalue weighted by atomic mass is 16.2. The van der Waals surface area contributed by atoms with E-state index < -0.39 is 0 Å². The molecule has 1 aliphatic rings. The number of hydrogen-bond donors (Lipinski definition) is 1. The third-order valence-corrected chi connectivity index (χ3v) is 4.61. The van der Waals surface area contributed by atoms with Crippen LogP contribution in [0.1, 0.15) is 42.6 Å². The number of hydrogen-bond acceptors (Lipinski definition) is 3. The number of piperidine rings is 1. The minimum Gasteiger partial charge on any atom is -0.369 e. The molecule has 2 rings (SSSR count). The monoisotopic (exact) mass is 317 g/mol. The Balaban J connectivity index is 2.01. The average Bonchev–Trinajstić information content (AvgIpc) is 2.59. The Labute approximate surface area is 138 Å². The van der Waals surface area contributed by atoms with Gasteiger partial charge in [0.15, 0.2) is 0 Å². The molecule has 23 heavy (non-hydrogen) atoms. The Bertz CT molecular complexity index is 538. The van der Waals surface area contributed by atoms with Crippen LogP contribution in [-0.4, -0.2) is 47.8 Å². The summed E-state index contributed by atoms with van der Waals surface area (Å²) in [5.74, 6) is -0.531. The lowest BCUT2D eigenvalue weighted by Gasteiger charge is -2.31. The van der Waals surface area contributed by atoms with Gasteiger partial charge < -0.3 is 10.6 Å². The smallest absolute Gasteiger partial charge is 0.253 e. The van der Waals surface area contributed by atoms with Gasteiger partial charge in [-0.2, -0.15) is 0 Å². The normalized spacial score (nSPS) is 18.2. The van der Waals surface area contributed by atoms with Gasteiger partial charge in [0, 0.05) is 25.2 Å². The van der Waals surface area contributed by atoms with Crippen molar-refractivity contribution in [1.29, 1.82) is 0 Å². The van der Waals surface area contributed by atoms with Gasteiger partial charge in [-0.25, -0.2) is 0 Å². The van der Waals surface area contributed by atoms with Crippen LogP contribution in [0.3, 0.4) is 0 Å². The predicted molar refractivity (Wildman–Crippen MR) is 90.9 cm³/mol. The zero-order chi connectivity index (χ0) is 16.8. The van der Waals surface area contributed by atoms with Crippen LogP contribution in [0.5, 0.6) is 0 Å². The number of likely N-dealkylation sites (tertiary alicyclic amines) is 1. The second kappa shape index (κ2) is 8.11. The topological polar surface area (TPSA) is 66.6 Å². The van der Waals surface area contributed by atoms with E-state index in [0.717, 1.165) is 32.5 Å². The van der Waals surface area contributed by atoms with Crippen LogP contribution in [0.15, 0.2) is 24.3 Å². The molecule has 1 aromatic carbocycles. The molecule has 2 N–H and O–H groups in total. The van der Waals surface area contributed by atoms with Crippen LogP contribution in [0.4, 0.5) is 0 Å². The minimum absolute atomic E-state index is 0.00895. The van der Waals surface area contributed by atoms with Crippen molar-refractivity contribution < 1.29 is 9.59 Å². The van der Waals surface area contributed by atoms with Crippen molar-refractivity contribution in [2.45, 2.75) is 33.2 Å². The summed E-state index contributed by atoms with van der Waals surface area (Å²) in [5.41, 5.74) is 7.27. The first-order chi connectivity index (χ1) is 11.0. The van der Waals surface area contributed by atoms with E-state index in [1.54, 1.807) is 4.90 Å². The van der Waals surface area contributed by atoms with E-state index in [1.807, 2.05) is 24.3 Å². The number of carbonyl (C=O) groups excluding carboxylic acids is 2. The van der Waals surface area contributed by atoms with E-state index in [9.17, 15) is 9.59 Å². The molecule has 1 aliphatic heterocycles. The van der Waals surface area contributed by atoms with Gasteiger partial charge in [0.25, 0.3) is 5.91 Å². The number of benzene rings is 1. The third-order valence-electron chi connectivity index (χ3n) is 4.61. The molecular formula is C18H27N3O2. The van der Waals surface area contributed by atoms with Crippen LogP contribution in [0.2, 0.25) is 0 Å². The fraction of sp³-hybridized carbons (Fsp3) is 0.556. The Morgan fingerprint density at radius 3 is 2.43 bits per heavy atom. The molecule has 1 atom stereocenters. The largest absolute Gasteiger partial charge is 0.369 e. The molecule has 126 valence electrons. The Morgan fingerprint density at radius 1 is 1.22 bits per heavy atom. The molecule has 0 aromatic heterocycles. The predicted octanol–water partition coefficient (Wildman–Crippen LogP) is 1.87. The van der Waals surface area contributed by atoms with Crippen molar-refractivity contribution >= 4 is 11.8 Å². The molecular weight excluding hydrogens is 290 g/mol. The Morgan fingerprint density at radius 2 is 1.87 bits per heavy atom. The summed E-state index contributed by atoms with van der Waals surface area (Å²) in [6.45, 7) is 8.35. The van der Waals surface area contributed by atoms with Crippen LogP contribution in [-0.2, 0) is 11.3 Å². The lowest BCUT2D eigenvalue weighted by Crippen LogP contribution is -2.44. The highest BCUT2D eigenvalue weighted by Crippen LogP contribution is 2.19. The summed E-state index contributed by atoms with van der Waals surface area (Å²) in [6, 6.07) is 7.80. The summed E-state index contributed by atoms with van der Waals surface area (Å²) in [5, 5.41) is 0. The SMILES string of the molecule is CCN(CC)Cc1ccc(C(=O)N2CCC[C@H](C(N)=O)C2)cc1. The second-order valence-electron chi connectivity index (χ2n) is 6.15. The van der Waals surface area contributed by atoms with Gasteiger partial charge in [-0.05, 0) is 43.6 Å². The summed E-state index contributed by atoms with van der Waals surface area (Å²) in [4.78, 5) is 28.0. The van der Waals surface area contributed by atoms with Gasteiger partial charge in [-0.15, -0.1) is 0 Å². The molecule has 0 unspecified atom stereocenters. The number of primary amides is 1. The lowest BCUT2D eigenvalue weighted by atomic mass is 9.97. The van der Waals surface area contributed by atoms with Crippen LogP contribution < -0.4 is 5.73 Å². The lowest BCUT2D eigenvalue weighted by molar-refractivity contribution is -0.123. The Kier molecular flexibility index (Phi) is 6.16. The standard InChI is InChI=1S/C18H27N3O2/c1-3-20(4-2)12-14-7-9-15(10-8-14)18(23)21-11-5-6-16(13-21)17(19)22/h7-10,16H,3-6,11-13H2,1-2H3,(H2,19,22)/t16-/m0/s1. The van der Waals surface area contributed by atoms with Crippen molar-refractivity contribution in [3.8, 4) is 0 Å². The summed E-state index contributed by atoms with van der Waals surface area (Å²) in [6.07, 6.45) is 1.61. The maximum Gasteiger partial charge on any atom is 0.253 e. The first-order valence-corrected chi connectivity index (χ1v) is 8.45. The fourth-order valence-electron chi connectivity index (χ4n) is 3.03. The summed E-state index contributed by atoms with van der Waals surface area (Å²) >= 11 is 0. The zero-order valence-corrected chi connectivity index (χ0v) is 14.1. The number of nitrogens with zero attached hydrogens (tertiary/aromatic N) is 2. The van der Waals surface area contributed by atoms with E-state index in [2.05, 4.69) is 18.7 Å². The summed E-state index contributed by atoms with van der Waals surface area (Å²) < 4.78 is 0. The number of rotatable bonds is 6.